The molecule has 98 valence electrons. The van der Waals surface area contributed by atoms with Gasteiger partial charge in [-0.3, -0.25) is 0 Å². The van der Waals surface area contributed by atoms with Crippen molar-refractivity contribution >= 4 is 21.6 Å². The van der Waals surface area contributed by atoms with Gasteiger partial charge in [0.1, 0.15) is 5.82 Å². The second kappa shape index (κ2) is 5.17. The maximum absolute atomic E-state index is 13.3. The van der Waals surface area contributed by atoms with Gasteiger partial charge in [0.05, 0.1) is 5.69 Å². The molecule has 0 radical (unpaired) electrons. The largest absolute Gasteiger partial charge is 0.370 e. The summed E-state index contributed by atoms with van der Waals surface area (Å²) in [5.74, 6) is 0.536. The zero-order valence-corrected chi connectivity index (χ0v) is 11.9. The number of nitrogens with zero attached hydrogens (tertiary/aromatic N) is 1. The summed E-state index contributed by atoms with van der Waals surface area (Å²) in [4.78, 5) is 2.28. The van der Waals surface area contributed by atoms with Crippen LogP contribution < -0.4 is 10.2 Å². The van der Waals surface area contributed by atoms with E-state index < -0.39 is 0 Å². The highest BCUT2D eigenvalue weighted by molar-refractivity contribution is 9.10. The van der Waals surface area contributed by atoms with Crippen LogP contribution >= 0.6 is 15.9 Å². The molecule has 0 amide bonds. The van der Waals surface area contributed by atoms with Crippen LogP contribution in [-0.4, -0.2) is 25.7 Å². The standard InChI is InChI=1S/C14H18BrFN2/c15-13-4-1-11(16)7-14(13)18-6-5-10(9-18)8-17-12-2-3-12/h1,4,7,10,12,17H,2-3,5-6,8-9H2. The van der Waals surface area contributed by atoms with Gasteiger partial charge in [-0.1, -0.05) is 0 Å². The third-order valence-electron chi connectivity index (χ3n) is 3.81. The molecule has 3 rings (SSSR count). The fourth-order valence-electron chi connectivity index (χ4n) is 2.57. The first-order valence-corrected chi connectivity index (χ1v) is 7.45. The summed E-state index contributed by atoms with van der Waals surface area (Å²) in [6.45, 7) is 3.16. The van der Waals surface area contributed by atoms with E-state index in [9.17, 15) is 4.39 Å². The van der Waals surface area contributed by atoms with Gasteiger partial charge in [-0.05, 0) is 65.9 Å². The third kappa shape index (κ3) is 2.86. The molecule has 2 nitrogen and oxygen atoms in total. The minimum Gasteiger partial charge on any atom is -0.370 e. The Balaban J connectivity index is 1.61. The molecule has 4 heteroatoms. The average molecular weight is 313 g/mol. The summed E-state index contributed by atoms with van der Waals surface area (Å²) in [5.41, 5.74) is 0.990. The summed E-state index contributed by atoms with van der Waals surface area (Å²) in [5, 5.41) is 3.58. The van der Waals surface area contributed by atoms with Crippen LogP contribution in [0.15, 0.2) is 22.7 Å². The van der Waals surface area contributed by atoms with Gasteiger partial charge in [-0.25, -0.2) is 4.39 Å². The van der Waals surface area contributed by atoms with Gasteiger partial charge >= 0.3 is 0 Å². The van der Waals surface area contributed by atoms with Crippen molar-refractivity contribution in [2.45, 2.75) is 25.3 Å². The minimum atomic E-state index is -0.159. The van der Waals surface area contributed by atoms with E-state index in [0.29, 0.717) is 5.92 Å². The second-order valence-electron chi connectivity index (χ2n) is 5.38. The van der Waals surface area contributed by atoms with E-state index in [4.69, 9.17) is 0 Å². The van der Waals surface area contributed by atoms with Gasteiger partial charge in [-0.2, -0.15) is 0 Å². The minimum absolute atomic E-state index is 0.159. The average Bonchev–Trinajstić information content (AvgIpc) is 3.08. The molecule has 0 aromatic heterocycles. The molecular formula is C14H18BrFN2. The number of nitrogens with one attached hydrogen (secondary N) is 1. The number of benzene rings is 1. The maximum Gasteiger partial charge on any atom is 0.125 e. The van der Waals surface area contributed by atoms with E-state index in [0.717, 1.165) is 35.8 Å². The van der Waals surface area contributed by atoms with Crippen molar-refractivity contribution in [1.29, 1.82) is 0 Å². The van der Waals surface area contributed by atoms with Crippen LogP contribution in [0.2, 0.25) is 0 Å². The summed E-state index contributed by atoms with van der Waals surface area (Å²) < 4.78 is 14.3. The lowest BCUT2D eigenvalue weighted by molar-refractivity contribution is 0.515. The predicted octanol–water partition coefficient (Wildman–Crippen LogP) is 3.17. The Kier molecular flexibility index (Phi) is 3.57. The van der Waals surface area contributed by atoms with Crippen molar-refractivity contribution in [3.8, 4) is 0 Å². The van der Waals surface area contributed by atoms with Crippen LogP contribution in [0.3, 0.4) is 0 Å². The molecule has 1 unspecified atom stereocenters. The zero-order valence-electron chi connectivity index (χ0n) is 10.3. The fourth-order valence-corrected chi connectivity index (χ4v) is 3.06. The molecule has 18 heavy (non-hydrogen) atoms. The Bertz CT molecular complexity index is 434. The Morgan fingerprint density at radius 3 is 2.94 bits per heavy atom. The lowest BCUT2D eigenvalue weighted by Gasteiger charge is -2.20. The van der Waals surface area contributed by atoms with Crippen LogP contribution in [0, 0.1) is 11.7 Å². The van der Waals surface area contributed by atoms with Crippen molar-refractivity contribution < 1.29 is 4.39 Å². The molecule has 1 aromatic rings. The van der Waals surface area contributed by atoms with Gasteiger partial charge in [0.25, 0.3) is 0 Å². The Hall–Kier alpha value is -0.610. The number of rotatable bonds is 4. The molecule has 2 aliphatic rings. The van der Waals surface area contributed by atoms with Crippen molar-refractivity contribution in [2.24, 2.45) is 5.92 Å². The molecule has 0 bridgehead atoms. The molecule has 1 saturated heterocycles. The van der Waals surface area contributed by atoms with Crippen molar-refractivity contribution in [2.75, 3.05) is 24.5 Å². The molecule has 1 saturated carbocycles. The maximum atomic E-state index is 13.3. The molecular weight excluding hydrogens is 295 g/mol. The van der Waals surface area contributed by atoms with Gasteiger partial charge in [0.2, 0.25) is 0 Å². The van der Waals surface area contributed by atoms with Crippen molar-refractivity contribution in [3.63, 3.8) is 0 Å². The highest BCUT2D eigenvalue weighted by atomic mass is 79.9. The van der Waals surface area contributed by atoms with Crippen LogP contribution in [0.1, 0.15) is 19.3 Å². The summed E-state index contributed by atoms with van der Waals surface area (Å²) in [6, 6.07) is 5.69. The number of halogens is 2. The zero-order chi connectivity index (χ0) is 12.5. The van der Waals surface area contributed by atoms with E-state index >= 15 is 0 Å². The van der Waals surface area contributed by atoms with E-state index in [1.165, 1.54) is 25.3 Å². The van der Waals surface area contributed by atoms with Gasteiger partial charge in [-0.15, -0.1) is 0 Å². The first kappa shape index (κ1) is 12.4. The monoisotopic (exact) mass is 312 g/mol. The Morgan fingerprint density at radius 2 is 2.17 bits per heavy atom. The molecule has 1 aliphatic carbocycles. The third-order valence-corrected chi connectivity index (χ3v) is 4.48. The summed E-state index contributed by atoms with van der Waals surface area (Å²) >= 11 is 3.51. The quantitative estimate of drug-likeness (QED) is 0.918. The van der Waals surface area contributed by atoms with E-state index in [1.54, 1.807) is 12.1 Å². The predicted molar refractivity (Wildman–Crippen MR) is 75.4 cm³/mol. The molecule has 1 atom stereocenters. The second-order valence-corrected chi connectivity index (χ2v) is 6.23. The lowest BCUT2D eigenvalue weighted by Crippen LogP contribution is -2.27. The van der Waals surface area contributed by atoms with Crippen LogP contribution in [0.25, 0.3) is 0 Å². The molecule has 1 aromatic carbocycles. The fraction of sp³-hybridized carbons (Fsp3) is 0.571. The van der Waals surface area contributed by atoms with E-state index in [1.807, 2.05) is 0 Å². The smallest absolute Gasteiger partial charge is 0.125 e. The van der Waals surface area contributed by atoms with Crippen molar-refractivity contribution in [1.82, 2.24) is 5.32 Å². The molecule has 0 spiro atoms. The van der Waals surface area contributed by atoms with E-state index in [2.05, 4.69) is 26.1 Å². The van der Waals surface area contributed by atoms with Gasteiger partial charge < -0.3 is 10.2 Å². The molecule has 1 N–H and O–H groups in total. The summed E-state index contributed by atoms with van der Waals surface area (Å²) in [6.07, 6.45) is 3.88. The Labute approximate surface area is 116 Å². The summed E-state index contributed by atoms with van der Waals surface area (Å²) in [7, 11) is 0. The number of hydrogen-bond acceptors (Lipinski definition) is 2. The normalized spacial score (nSPS) is 23.7. The van der Waals surface area contributed by atoms with E-state index in [-0.39, 0.29) is 5.82 Å². The molecule has 1 heterocycles. The van der Waals surface area contributed by atoms with Crippen molar-refractivity contribution in [3.05, 3.63) is 28.5 Å². The molecule has 2 fully saturated rings. The van der Waals surface area contributed by atoms with Gasteiger partial charge in [0.15, 0.2) is 0 Å². The lowest BCUT2D eigenvalue weighted by atomic mass is 10.1. The highest BCUT2D eigenvalue weighted by Crippen LogP contribution is 2.31. The van der Waals surface area contributed by atoms with Crippen LogP contribution in [0.5, 0.6) is 0 Å². The first-order valence-electron chi connectivity index (χ1n) is 6.66. The van der Waals surface area contributed by atoms with Crippen LogP contribution in [0.4, 0.5) is 10.1 Å². The van der Waals surface area contributed by atoms with Gasteiger partial charge in [0, 0.05) is 23.6 Å². The van der Waals surface area contributed by atoms with Crippen LogP contribution in [-0.2, 0) is 0 Å². The first-order chi connectivity index (χ1) is 8.72. The topological polar surface area (TPSA) is 15.3 Å². The number of anilines is 1. The molecule has 1 aliphatic heterocycles. The highest BCUT2D eigenvalue weighted by Gasteiger charge is 2.27. The SMILES string of the molecule is Fc1ccc(Br)c(N2CCC(CNC3CC3)C2)c1. The Morgan fingerprint density at radius 1 is 1.33 bits per heavy atom. The number of hydrogen-bond donors (Lipinski definition) is 1.